The van der Waals surface area contributed by atoms with Gasteiger partial charge in [0.25, 0.3) is 0 Å². The third kappa shape index (κ3) is 1.67. The van der Waals surface area contributed by atoms with E-state index in [1.54, 1.807) is 0 Å². The van der Waals surface area contributed by atoms with Crippen LogP contribution in [-0.2, 0) is 4.79 Å². The minimum absolute atomic E-state index is 0.0690. The topological polar surface area (TPSA) is 81.8 Å². The van der Waals surface area contributed by atoms with Crippen LogP contribution in [0.3, 0.4) is 0 Å². The molecule has 1 aliphatic heterocycles. The van der Waals surface area contributed by atoms with Crippen LogP contribution in [0.1, 0.15) is 11.6 Å². The van der Waals surface area contributed by atoms with Crippen LogP contribution >= 0.6 is 0 Å². The van der Waals surface area contributed by atoms with Gasteiger partial charge in [-0.05, 0) is 12.1 Å². The lowest BCUT2D eigenvalue weighted by atomic mass is 10.1. The number of benzene rings is 1. The summed E-state index contributed by atoms with van der Waals surface area (Å²) in [5.74, 6) is -1.87. The Morgan fingerprint density at radius 2 is 2.12 bits per heavy atom. The number of hydrogen-bond donors (Lipinski definition) is 2. The van der Waals surface area contributed by atoms with E-state index in [0.29, 0.717) is 6.61 Å². The first kappa shape index (κ1) is 10.7. The van der Waals surface area contributed by atoms with Crippen molar-refractivity contribution in [2.24, 2.45) is 5.73 Å². The number of nitrogens with two attached hydrogens (primary N) is 1. The fourth-order valence-electron chi connectivity index (χ4n) is 1.47. The van der Waals surface area contributed by atoms with E-state index in [1.165, 1.54) is 12.1 Å². The van der Waals surface area contributed by atoms with Crippen LogP contribution in [0.2, 0.25) is 0 Å². The smallest absolute Gasteiger partial charge is 0.325 e. The lowest BCUT2D eigenvalue weighted by Crippen LogP contribution is -2.23. The van der Waals surface area contributed by atoms with Crippen LogP contribution in [0.4, 0.5) is 4.39 Å². The molecule has 0 aromatic heterocycles. The summed E-state index contributed by atoms with van der Waals surface area (Å²) in [5.41, 5.74) is 5.22. The summed E-state index contributed by atoms with van der Waals surface area (Å²) in [4.78, 5) is 10.7. The summed E-state index contributed by atoms with van der Waals surface area (Å²) in [6.45, 7) is 0.576. The van der Waals surface area contributed by atoms with Gasteiger partial charge in [0.2, 0.25) is 0 Å². The summed E-state index contributed by atoms with van der Waals surface area (Å²) in [6, 6.07) is 1.34. The lowest BCUT2D eigenvalue weighted by molar-refractivity contribution is -0.138. The average molecular weight is 227 g/mol. The molecule has 1 unspecified atom stereocenters. The first-order chi connectivity index (χ1) is 7.61. The van der Waals surface area contributed by atoms with E-state index >= 15 is 0 Å². The van der Waals surface area contributed by atoms with E-state index in [9.17, 15) is 9.18 Å². The van der Waals surface area contributed by atoms with Crippen molar-refractivity contribution < 1.29 is 23.8 Å². The highest BCUT2D eigenvalue weighted by Crippen LogP contribution is 2.36. The zero-order valence-corrected chi connectivity index (χ0v) is 8.27. The van der Waals surface area contributed by atoms with Gasteiger partial charge in [-0.3, -0.25) is 4.79 Å². The molecule has 0 bridgehead atoms. The van der Waals surface area contributed by atoms with Crippen molar-refractivity contribution >= 4 is 5.97 Å². The Balaban J connectivity index is 2.45. The maximum absolute atomic E-state index is 13.8. The molecule has 5 nitrogen and oxygen atoms in total. The van der Waals surface area contributed by atoms with Crippen molar-refractivity contribution in [3.8, 4) is 11.5 Å². The van der Waals surface area contributed by atoms with Crippen molar-refractivity contribution in [1.29, 1.82) is 0 Å². The molecule has 1 heterocycles. The molecule has 16 heavy (non-hydrogen) atoms. The molecule has 2 rings (SSSR count). The molecule has 0 saturated heterocycles. The standard InChI is InChI=1S/C10H10FNO4/c11-7-5(8(12)10(13)14)1-2-6-9(7)16-4-3-15-6/h1-2,8H,3-4,12H2,(H,13,14). The van der Waals surface area contributed by atoms with Gasteiger partial charge in [0, 0.05) is 5.56 Å². The number of hydrogen-bond acceptors (Lipinski definition) is 4. The highest BCUT2D eigenvalue weighted by atomic mass is 19.1. The zero-order chi connectivity index (χ0) is 11.7. The van der Waals surface area contributed by atoms with Gasteiger partial charge in [-0.1, -0.05) is 0 Å². The Kier molecular flexibility index (Phi) is 2.66. The van der Waals surface area contributed by atoms with E-state index < -0.39 is 17.8 Å². The fourth-order valence-corrected chi connectivity index (χ4v) is 1.47. The highest BCUT2D eigenvalue weighted by Gasteiger charge is 2.25. The summed E-state index contributed by atoms with van der Waals surface area (Å²) in [7, 11) is 0. The maximum Gasteiger partial charge on any atom is 0.325 e. The molecule has 0 amide bonds. The molecule has 0 aliphatic carbocycles. The number of carboxylic acid groups (broad SMARTS) is 1. The van der Waals surface area contributed by atoms with Gasteiger partial charge in [-0.15, -0.1) is 0 Å². The van der Waals surface area contributed by atoms with E-state index in [2.05, 4.69) is 0 Å². The van der Waals surface area contributed by atoms with E-state index in [0.717, 1.165) is 0 Å². The van der Waals surface area contributed by atoms with Crippen molar-refractivity contribution in [2.45, 2.75) is 6.04 Å². The monoisotopic (exact) mass is 227 g/mol. The van der Waals surface area contributed by atoms with Crippen LogP contribution < -0.4 is 15.2 Å². The molecule has 1 aromatic rings. The highest BCUT2D eigenvalue weighted by molar-refractivity contribution is 5.75. The van der Waals surface area contributed by atoms with Crippen molar-refractivity contribution in [3.63, 3.8) is 0 Å². The molecule has 86 valence electrons. The second-order valence-electron chi connectivity index (χ2n) is 3.31. The minimum atomic E-state index is -1.41. The number of carboxylic acids is 1. The molecular formula is C10H10FNO4. The maximum atomic E-state index is 13.8. The van der Waals surface area contributed by atoms with Crippen LogP contribution in [0, 0.1) is 5.82 Å². The molecule has 6 heteroatoms. The first-order valence-corrected chi connectivity index (χ1v) is 4.67. The Hall–Kier alpha value is -1.82. The quantitative estimate of drug-likeness (QED) is 0.776. The first-order valence-electron chi connectivity index (χ1n) is 4.67. The molecule has 3 N–H and O–H groups in total. The molecule has 0 radical (unpaired) electrons. The number of aliphatic carboxylic acids is 1. The summed E-state index contributed by atoms with van der Waals surface area (Å²) in [6.07, 6.45) is 0. The third-order valence-electron chi connectivity index (χ3n) is 2.28. The van der Waals surface area contributed by atoms with Crippen LogP contribution in [0.15, 0.2) is 12.1 Å². The van der Waals surface area contributed by atoms with Gasteiger partial charge >= 0.3 is 5.97 Å². The number of carbonyl (C=O) groups is 1. The molecule has 1 aliphatic rings. The Labute approximate surface area is 90.6 Å². The van der Waals surface area contributed by atoms with E-state index in [1.807, 2.05) is 0 Å². The molecule has 1 atom stereocenters. The van der Waals surface area contributed by atoms with Crippen molar-refractivity contribution in [2.75, 3.05) is 13.2 Å². The van der Waals surface area contributed by atoms with Crippen LogP contribution in [0.5, 0.6) is 11.5 Å². The van der Waals surface area contributed by atoms with E-state index in [4.69, 9.17) is 20.3 Å². The predicted molar refractivity (Wildman–Crippen MR) is 52.0 cm³/mol. The molecule has 1 aromatic carbocycles. The second-order valence-corrected chi connectivity index (χ2v) is 3.31. The summed E-state index contributed by atoms with van der Waals surface area (Å²) in [5, 5.41) is 8.70. The average Bonchev–Trinajstić information content (AvgIpc) is 2.29. The van der Waals surface area contributed by atoms with Gasteiger partial charge in [0.05, 0.1) is 0 Å². The Morgan fingerprint density at radius 3 is 2.81 bits per heavy atom. The van der Waals surface area contributed by atoms with Gasteiger partial charge in [-0.25, -0.2) is 4.39 Å². The number of ether oxygens (including phenoxy) is 2. The Morgan fingerprint density at radius 1 is 1.44 bits per heavy atom. The molecular weight excluding hydrogens is 217 g/mol. The zero-order valence-electron chi connectivity index (χ0n) is 8.27. The molecule has 0 spiro atoms. The SMILES string of the molecule is NC(C(=O)O)c1ccc2c(c1F)OCCO2. The number of rotatable bonds is 2. The fraction of sp³-hybridized carbons (Fsp3) is 0.300. The van der Waals surface area contributed by atoms with Gasteiger partial charge in [-0.2, -0.15) is 0 Å². The van der Waals surface area contributed by atoms with Crippen molar-refractivity contribution in [3.05, 3.63) is 23.5 Å². The van der Waals surface area contributed by atoms with Gasteiger partial charge in [0.15, 0.2) is 17.3 Å². The second kappa shape index (κ2) is 3.97. The largest absolute Gasteiger partial charge is 0.486 e. The minimum Gasteiger partial charge on any atom is -0.486 e. The third-order valence-corrected chi connectivity index (χ3v) is 2.28. The van der Waals surface area contributed by atoms with Gasteiger partial charge < -0.3 is 20.3 Å². The normalized spacial score (nSPS) is 15.6. The van der Waals surface area contributed by atoms with Gasteiger partial charge in [0.1, 0.15) is 19.3 Å². The number of halogens is 1. The predicted octanol–water partition coefficient (Wildman–Crippen LogP) is 0.681. The summed E-state index contributed by atoms with van der Waals surface area (Å²) < 4.78 is 24.0. The molecule has 0 fully saturated rings. The number of fused-ring (bicyclic) bond motifs is 1. The molecule has 0 saturated carbocycles. The van der Waals surface area contributed by atoms with Crippen LogP contribution in [0.25, 0.3) is 0 Å². The summed E-state index contributed by atoms with van der Waals surface area (Å²) >= 11 is 0. The lowest BCUT2D eigenvalue weighted by Gasteiger charge is -2.20. The van der Waals surface area contributed by atoms with E-state index in [-0.39, 0.29) is 23.7 Å². The van der Waals surface area contributed by atoms with Crippen molar-refractivity contribution in [1.82, 2.24) is 0 Å². The van der Waals surface area contributed by atoms with Crippen LogP contribution in [-0.4, -0.2) is 24.3 Å². The Bertz CT molecular complexity index is 435.